The lowest BCUT2D eigenvalue weighted by Gasteiger charge is -2.32. The van der Waals surface area contributed by atoms with Gasteiger partial charge in [0.25, 0.3) is 5.91 Å². The summed E-state index contributed by atoms with van der Waals surface area (Å²) >= 11 is 5.94. The molecule has 1 fully saturated rings. The highest BCUT2D eigenvalue weighted by molar-refractivity contribution is 6.30. The van der Waals surface area contributed by atoms with Gasteiger partial charge in [0.1, 0.15) is 0 Å². The molecule has 1 aromatic carbocycles. The normalized spacial score (nSPS) is 15.0. The number of nitrogens with zero attached hydrogens (tertiary/aromatic N) is 3. The fourth-order valence-electron chi connectivity index (χ4n) is 3.34. The zero-order valence-electron chi connectivity index (χ0n) is 15.2. The number of piperidine rings is 1. The second-order valence-electron chi connectivity index (χ2n) is 6.68. The Kier molecular flexibility index (Phi) is 7.50. The third-order valence-electron chi connectivity index (χ3n) is 4.92. The maximum absolute atomic E-state index is 12.9. The molecule has 5 nitrogen and oxygen atoms in total. The summed E-state index contributed by atoms with van der Waals surface area (Å²) in [4.78, 5) is 14.8. The van der Waals surface area contributed by atoms with Crippen LogP contribution in [-0.2, 0) is 0 Å². The highest BCUT2D eigenvalue weighted by atomic mass is 35.5. The van der Waals surface area contributed by atoms with Crippen LogP contribution in [-0.4, -0.2) is 47.3 Å². The molecule has 26 heavy (non-hydrogen) atoms. The first-order valence-corrected chi connectivity index (χ1v) is 9.22. The first-order chi connectivity index (χ1) is 12.1. The number of likely N-dealkylation sites (tertiary alicyclic amines) is 1. The molecule has 0 radical (unpaired) electrons. The van der Waals surface area contributed by atoms with Gasteiger partial charge in [0.15, 0.2) is 0 Å². The predicted molar refractivity (Wildman–Crippen MR) is 108 cm³/mol. The minimum atomic E-state index is 0. The van der Waals surface area contributed by atoms with Crippen LogP contribution in [0.3, 0.4) is 0 Å². The Bertz CT molecular complexity index is 722. The molecule has 2 aromatic rings. The number of halogens is 2. The maximum Gasteiger partial charge on any atom is 0.257 e. The summed E-state index contributed by atoms with van der Waals surface area (Å²) in [7, 11) is 1.99. The molecule has 0 aliphatic carbocycles. The lowest BCUT2D eigenvalue weighted by atomic mass is 9.93. The molecule has 0 saturated carbocycles. The second-order valence-corrected chi connectivity index (χ2v) is 7.11. The van der Waals surface area contributed by atoms with Crippen molar-refractivity contribution >= 4 is 29.9 Å². The number of benzene rings is 1. The Morgan fingerprint density at radius 1 is 1.27 bits per heavy atom. The van der Waals surface area contributed by atoms with Crippen LogP contribution >= 0.6 is 24.0 Å². The zero-order chi connectivity index (χ0) is 17.8. The van der Waals surface area contributed by atoms with Crippen LogP contribution in [0.25, 0.3) is 5.69 Å². The topological polar surface area (TPSA) is 50.2 Å². The van der Waals surface area contributed by atoms with E-state index in [1.807, 2.05) is 49.3 Å². The molecule has 0 bridgehead atoms. The van der Waals surface area contributed by atoms with Gasteiger partial charge in [0.2, 0.25) is 0 Å². The summed E-state index contributed by atoms with van der Waals surface area (Å²) in [5.74, 6) is 0.805. The summed E-state index contributed by atoms with van der Waals surface area (Å²) in [6.07, 6.45) is 5.18. The van der Waals surface area contributed by atoms with Crippen LogP contribution in [0, 0.1) is 12.8 Å². The van der Waals surface area contributed by atoms with E-state index < -0.39 is 0 Å². The van der Waals surface area contributed by atoms with Crippen molar-refractivity contribution in [2.45, 2.75) is 26.2 Å². The standard InChI is InChI=1S/C19H25ClN4O.ClH/c1-14-18(13-24(22-14)17-5-3-16(20)4-6-17)19(25)23-11-8-15(9-12-23)7-10-21-2;/h3-6,13,15,21H,7-12H2,1-2H3;1H. The van der Waals surface area contributed by atoms with Gasteiger partial charge in [0, 0.05) is 24.3 Å². The first-order valence-electron chi connectivity index (χ1n) is 8.84. The molecule has 2 heterocycles. The second kappa shape index (κ2) is 9.40. The van der Waals surface area contributed by atoms with Crippen molar-refractivity contribution in [1.82, 2.24) is 20.0 Å². The molecular formula is C19H26Cl2N4O. The quantitative estimate of drug-likeness (QED) is 0.837. The van der Waals surface area contributed by atoms with Crippen molar-refractivity contribution in [2.24, 2.45) is 5.92 Å². The lowest BCUT2D eigenvalue weighted by molar-refractivity contribution is 0.0686. The van der Waals surface area contributed by atoms with E-state index in [1.165, 1.54) is 6.42 Å². The Labute approximate surface area is 166 Å². The molecule has 142 valence electrons. The molecular weight excluding hydrogens is 371 g/mol. The highest BCUT2D eigenvalue weighted by Gasteiger charge is 2.25. The van der Waals surface area contributed by atoms with Crippen molar-refractivity contribution in [3.8, 4) is 5.69 Å². The van der Waals surface area contributed by atoms with Gasteiger partial charge in [-0.2, -0.15) is 5.10 Å². The zero-order valence-corrected chi connectivity index (χ0v) is 16.8. The minimum Gasteiger partial charge on any atom is -0.339 e. The Morgan fingerprint density at radius 2 is 1.92 bits per heavy atom. The number of hydrogen-bond donors (Lipinski definition) is 1. The molecule has 0 atom stereocenters. The summed E-state index contributed by atoms with van der Waals surface area (Å²) in [5.41, 5.74) is 2.35. The minimum absolute atomic E-state index is 0. The summed E-state index contributed by atoms with van der Waals surface area (Å²) in [5, 5.41) is 8.39. The van der Waals surface area contributed by atoms with Crippen LogP contribution in [0.1, 0.15) is 35.3 Å². The molecule has 1 aliphatic rings. The van der Waals surface area contributed by atoms with Crippen LogP contribution in [0.2, 0.25) is 5.02 Å². The van der Waals surface area contributed by atoms with E-state index in [2.05, 4.69) is 10.4 Å². The van der Waals surface area contributed by atoms with E-state index in [0.717, 1.165) is 49.8 Å². The summed E-state index contributed by atoms with van der Waals surface area (Å²) in [6.45, 7) is 4.60. The van der Waals surface area contributed by atoms with E-state index in [0.29, 0.717) is 10.6 Å². The number of carbonyl (C=O) groups is 1. The molecule has 1 aromatic heterocycles. The maximum atomic E-state index is 12.9. The molecule has 1 N–H and O–H groups in total. The molecule has 0 unspecified atom stereocenters. The number of rotatable bonds is 5. The van der Waals surface area contributed by atoms with Gasteiger partial charge in [-0.15, -0.1) is 12.4 Å². The summed E-state index contributed by atoms with van der Waals surface area (Å²) in [6, 6.07) is 7.45. The fourth-order valence-corrected chi connectivity index (χ4v) is 3.47. The average Bonchev–Trinajstić information content (AvgIpc) is 3.02. The van der Waals surface area contributed by atoms with E-state index in [-0.39, 0.29) is 18.3 Å². The molecule has 0 spiro atoms. The fraction of sp³-hybridized carbons (Fsp3) is 0.474. The van der Waals surface area contributed by atoms with Gasteiger partial charge >= 0.3 is 0 Å². The molecule has 7 heteroatoms. The monoisotopic (exact) mass is 396 g/mol. The van der Waals surface area contributed by atoms with Gasteiger partial charge in [-0.1, -0.05) is 11.6 Å². The Hall–Kier alpha value is -1.56. The van der Waals surface area contributed by atoms with E-state index in [9.17, 15) is 4.79 Å². The van der Waals surface area contributed by atoms with Crippen LogP contribution in [0.5, 0.6) is 0 Å². The lowest BCUT2D eigenvalue weighted by Crippen LogP contribution is -2.39. The number of amides is 1. The van der Waals surface area contributed by atoms with Gasteiger partial charge < -0.3 is 10.2 Å². The van der Waals surface area contributed by atoms with Crippen molar-refractivity contribution in [3.05, 3.63) is 46.7 Å². The number of nitrogens with one attached hydrogen (secondary N) is 1. The Balaban J connectivity index is 0.00000243. The number of aromatic nitrogens is 2. The van der Waals surface area contributed by atoms with Crippen molar-refractivity contribution in [3.63, 3.8) is 0 Å². The Morgan fingerprint density at radius 3 is 2.54 bits per heavy atom. The van der Waals surface area contributed by atoms with Crippen molar-refractivity contribution in [1.29, 1.82) is 0 Å². The predicted octanol–water partition coefficient (Wildman–Crippen LogP) is 3.72. The van der Waals surface area contributed by atoms with Crippen molar-refractivity contribution < 1.29 is 4.79 Å². The van der Waals surface area contributed by atoms with Gasteiger partial charge in [-0.25, -0.2) is 4.68 Å². The highest BCUT2D eigenvalue weighted by Crippen LogP contribution is 2.23. The first kappa shape index (κ1) is 20.7. The van der Waals surface area contributed by atoms with Crippen LogP contribution in [0.4, 0.5) is 0 Å². The molecule has 1 saturated heterocycles. The van der Waals surface area contributed by atoms with Gasteiger partial charge in [0.05, 0.1) is 16.9 Å². The average molecular weight is 397 g/mol. The van der Waals surface area contributed by atoms with Crippen molar-refractivity contribution in [2.75, 3.05) is 26.7 Å². The smallest absolute Gasteiger partial charge is 0.257 e. The van der Waals surface area contributed by atoms with E-state index >= 15 is 0 Å². The molecule has 1 aliphatic heterocycles. The van der Waals surface area contributed by atoms with E-state index in [4.69, 9.17) is 11.6 Å². The third-order valence-corrected chi connectivity index (χ3v) is 5.18. The van der Waals surface area contributed by atoms with Gasteiger partial charge in [-0.05, 0) is 70.0 Å². The van der Waals surface area contributed by atoms with Gasteiger partial charge in [-0.3, -0.25) is 4.79 Å². The number of aryl methyl sites for hydroxylation is 1. The van der Waals surface area contributed by atoms with Crippen LogP contribution < -0.4 is 5.32 Å². The van der Waals surface area contributed by atoms with Crippen LogP contribution in [0.15, 0.2) is 30.5 Å². The molecule has 1 amide bonds. The SMILES string of the molecule is CNCCC1CCN(C(=O)c2cn(-c3ccc(Cl)cc3)nc2C)CC1.Cl. The number of hydrogen-bond acceptors (Lipinski definition) is 3. The molecule has 3 rings (SSSR count). The van der Waals surface area contributed by atoms with E-state index in [1.54, 1.807) is 4.68 Å². The summed E-state index contributed by atoms with van der Waals surface area (Å²) < 4.78 is 1.75. The number of carbonyl (C=O) groups excluding carboxylic acids is 1. The third kappa shape index (κ3) is 4.78. The largest absolute Gasteiger partial charge is 0.339 e.